The van der Waals surface area contributed by atoms with Crippen LogP contribution in [0.1, 0.15) is 17.3 Å². The van der Waals surface area contributed by atoms with Gasteiger partial charge >= 0.3 is 11.9 Å². The van der Waals surface area contributed by atoms with E-state index < -0.39 is 11.9 Å². The minimum Gasteiger partial charge on any atom is -0.473 e. The van der Waals surface area contributed by atoms with Gasteiger partial charge in [-0.1, -0.05) is 48.0 Å². The van der Waals surface area contributed by atoms with Crippen LogP contribution in [0, 0.1) is 0 Å². The number of aliphatic carboxylic acids is 2. The lowest BCUT2D eigenvalue weighted by molar-refractivity contribution is -0.159. The predicted molar refractivity (Wildman–Crippen MR) is 116 cm³/mol. The second-order valence-corrected chi connectivity index (χ2v) is 7.11. The first-order valence-corrected chi connectivity index (χ1v) is 9.71. The van der Waals surface area contributed by atoms with Crippen molar-refractivity contribution >= 4 is 23.5 Å². The van der Waals surface area contributed by atoms with Gasteiger partial charge in [0.2, 0.25) is 0 Å². The van der Waals surface area contributed by atoms with E-state index in [1.54, 1.807) is 11.0 Å². The van der Waals surface area contributed by atoms with Gasteiger partial charge in [0.05, 0.1) is 17.6 Å². The Balaban J connectivity index is 0.000000501. The Morgan fingerprint density at radius 3 is 2.26 bits per heavy atom. The number of benzene rings is 2. The fourth-order valence-corrected chi connectivity index (χ4v) is 2.98. The second kappa shape index (κ2) is 11.8. The van der Waals surface area contributed by atoms with Gasteiger partial charge in [-0.15, -0.1) is 0 Å². The van der Waals surface area contributed by atoms with Crippen LogP contribution in [0.3, 0.4) is 0 Å². The summed E-state index contributed by atoms with van der Waals surface area (Å²) < 4.78 is 0. The fraction of sp³-hybridized carbons (Fsp3) is 0.238. The van der Waals surface area contributed by atoms with Gasteiger partial charge in [0.1, 0.15) is 0 Å². The maximum Gasteiger partial charge on any atom is 0.414 e. The number of likely N-dealkylation sites (N-methyl/N-ethyl adjacent to an activating group) is 1. The molecule has 0 aliphatic carbocycles. The van der Waals surface area contributed by atoms with E-state index in [0.717, 1.165) is 28.5 Å². The van der Waals surface area contributed by atoms with E-state index in [2.05, 4.69) is 40.6 Å². The lowest BCUT2D eigenvalue weighted by Gasteiger charge is -2.25. The third-order valence-electron chi connectivity index (χ3n) is 4.24. The summed E-state index contributed by atoms with van der Waals surface area (Å²) in [4.78, 5) is 22.0. The number of carboxylic acids is 2. The van der Waals surface area contributed by atoms with Crippen LogP contribution in [0.25, 0.3) is 5.69 Å². The molecule has 1 unspecified atom stereocenters. The number of rotatable bonds is 7. The highest BCUT2D eigenvalue weighted by Crippen LogP contribution is 2.25. The molecule has 0 amide bonds. The van der Waals surface area contributed by atoms with Gasteiger partial charge in [0.15, 0.2) is 0 Å². The maximum absolute atomic E-state index is 9.10. The Hall–Kier alpha value is -3.27. The molecule has 3 aromatic rings. The molecule has 0 saturated carbocycles. The highest BCUT2D eigenvalue weighted by Gasteiger charge is 2.16. The zero-order valence-corrected chi connectivity index (χ0v) is 17.9. The molecule has 1 aromatic heterocycles. The van der Waals surface area contributed by atoms with Crippen molar-refractivity contribution in [3.05, 3.63) is 77.1 Å². The molecule has 0 saturated heterocycles. The molecule has 3 rings (SSSR count). The van der Waals surface area contributed by atoms with Crippen LogP contribution in [0.2, 0.25) is 5.02 Å². The molecule has 0 radical (unpaired) electrons. The molecule has 1 atom stereocenters. The van der Waals surface area contributed by atoms with E-state index in [1.807, 2.05) is 48.5 Å². The molecule has 0 aliphatic rings. The SMILES string of the molecule is CN(C)C(CNCc1cnn(-c2ccccc2)n1)c1ccccc1Cl.O=C(O)C(=O)O. The van der Waals surface area contributed by atoms with Crippen LogP contribution in [-0.4, -0.2) is 62.7 Å². The Bertz CT molecular complexity index is 982. The fourth-order valence-electron chi connectivity index (χ4n) is 2.71. The van der Waals surface area contributed by atoms with Gasteiger partial charge in [0, 0.05) is 24.2 Å². The lowest BCUT2D eigenvalue weighted by Crippen LogP contribution is -2.31. The van der Waals surface area contributed by atoms with Crippen molar-refractivity contribution in [1.82, 2.24) is 25.2 Å². The molecule has 0 aliphatic heterocycles. The van der Waals surface area contributed by atoms with Crippen molar-refractivity contribution in [1.29, 1.82) is 0 Å². The number of nitrogens with zero attached hydrogens (tertiary/aromatic N) is 4. The minimum atomic E-state index is -1.82. The first-order chi connectivity index (χ1) is 14.8. The summed E-state index contributed by atoms with van der Waals surface area (Å²) in [7, 11) is 4.11. The van der Waals surface area contributed by atoms with Crippen molar-refractivity contribution in [2.24, 2.45) is 0 Å². The van der Waals surface area contributed by atoms with Gasteiger partial charge in [-0.3, -0.25) is 0 Å². The normalized spacial score (nSPS) is 11.5. The van der Waals surface area contributed by atoms with Gasteiger partial charge in [-0.25, -0.2) is 9.59 Å². The smallest absolute Gasteiger partial charge is 0.414 e. The summed E-state index contributed by atoms with van der Waals surface area (Å²) in [6.07, 6.45) is 1.79. The molecule has 2 aromatic carbocycles. The Morgan fingerprint density at radius 1 is 1.06 bits per heavy atom. The van der Waals surface area contributed by atoms with E-state index in [-0.39, 0.29) is 6.04 Å². The molecule has 10 heteroatoms. The van der Waals surface area contributed by atoms with Crippen LogP contribution in [-0.2, 0) is 16.1 Å². The van der Waals surface area contributed by atoms with Crippen LogP contribution >= 0.6 is 11.6 Å². The predicted octanol–water partition coefficient (Wildman–Crippen LogP) is 2.47. The zero-order chi connectivity index (χ0) is 22.8. The summed E-state index contributed by atoms with van der Waals surface area (Å²) in [5.41, 5.74) is 2.98. The van der Waals surface area contributed by atoms with Gasteiger partial charge in [-0.05, 0) is 37.9 Å². The van der Waals surface area contributed by atoms with Gasteiger partial charge in [0.25, 0.3) is 0 Å². The third kappa shape index (κ3) is 7.49. The Kier molecular flexibility index (Phi) is 9.13. The summed E-state index contributed by atoms with van der Waals surface area (Å²) in [5, 5.41) is 27.9. The standard InChI is InChI=1S/C19H22ClN5.C2H2O4/c1-24(2)19(17-10-6-7-11-18(17)20)14-21-12-15-13-22-25(23-15)16-8-4-3-5-9-16;3-1(4)2(5)6/h3-11,13,19,21H,12,14H2,1-2H3;(H,3,4)(H,5,6). The first-order valence-electron chi connectivity index (χ1n) is 9.34. The topological polar surface area (TPSA) is 121 Å². The molecular weight excluding hydrogens is 422 g/mol. The highest BCUT2D eigenvalue weighted by molar-refractivity contribution is 6.31. The largest absolute Gasteiger partial charge is 0.473 e. The molecule has 164 valence electrons. The average molecular weight is 446 g/mol. The molecule has 9 nitrogen and oxygen atoms in total. The summed E-state index contributed by atoms with van der Waals surface area (Å²) in [6, 6.07) is 18.1. The van der Waals surface area contributed by atoms with Crippen molar-refractivity contribution in [3.63, 3.8) is 0 Å². The van der Waals surface area contributed by atoms with Crippen molar-refractivity contribution < 1.29 is 19.8 Å². The number of halogens is 1. The molecular formula is C21H24ClN5O4. The van der Waals surface area contributed by atoms with Crippen LogP contribution in [0.15, 0.2) is 60.8 Å². The van der Waals surface area contributed by atoms with Crippen molar-refractivity contribution in [2.45, 2.75) is 12.6 Å². The van der Waals surface area contributed by atoms with E-state index in [0.29, 0.717) is 6.54 Å². The Labute approximate surface area is 184 Å². The number of carbonyl (C=O) groups is 2. The van der Waals surface area contributed by atoms with Crippen LogP contribution in [0.5, 0.6) is 0 Å². The number of para-hydroxylation sites is 1. The summed E-state index contributed by atoms with van der Waals surface area (Å²) >= 11 is 6.35. The number of hydrogen-bond acceptors (Lipinski definition) is 6. The zero-order valence-electron chi connectivity index (χ0n) is 17.1. The van der Waals surface area contributed by atoms with Crippen molar-refractivity contribution in [3.8, 4) is 5.69 Å². The van der Waals surface area contributed by atoms with Crippen LogP contribution in [0.4, 0.5) is 0 Å². The maximum atomic E-state index is 9.10. The van der Waals surface area contributed by atoms with Crippen LogP contribution < -0.4 is 5.32 Å². The third-order valence-corrected chi connectivity index (χ3v) is 4.58. The number of nitrogens with one attached hydrogen (secondary N) is 1. The van der Waals surface area contributed by atoms with E-state index in [9.17, 15) is 0 Å². The van der Waals surface area contributed by atoms with Crippen molar-refractivity contribution in [2.75, 3.05) is 20.6 Å². The summed E-state index contributed by atoms with van der Waals surface area (Å²) in [5.74, 6) is -3.65. The molecule has 0 spiro atoms. The summed E-state index contributed by atoms with van der Waals surface area (Å²) in [6.45, 7) is 1.43. The highest BCUT2D eigenvalue weighted by atomic mass is 35.5. The lowest BCUT2D eigenvalue weighted by atomic mass is 10.1. The number of carboxylic acid groups (broad SMARTS) is 2. The Morgan fingerprint density at radius 2 is 1.68 bits per heavy atom. The quantitative estimate of drug-likeness (QED) is 0.474. The minimum absolute atomic E-state index is 0.192. The monoisotopic (exact) mass is 445 g/mol. The molecule has 1 heterocycles. The molecule has 31 heavy (non-hydrogen) atoms. The van der Waals surface area contributed by atoms with E-state index in [4.69, 9.17) is 31.4 Å². The van der Waals surface area contributed by atoms with E-state index in [1.165, 1.54) is 0 Å². The number of hydrogen-bond donors (Lipinski definition) is 3. The molecule has 3 N–H and O–H groups in total. The van der Waals surface area contributed by atoms with E-state index >= 15 is 0 Å². The molecule has 0 bridgehead atoms. The second-order valence-electron chi connectivity index (χ2n) is 6.70. The first kappa shape index (κ1) is 24.0. The molecule has 0 fully saturated rings. The van der Waals surface area contributed by atoms with Gasteiger partial charge < -0.3 is 20.4 Å². The van der Waals surface area contributed by atoms with Gasteiger partial charge in [-0.2, -0.15) is 15.0 Å². The average Bonchev–Trinajstić information content (AvgIpc) is 3.22. The number of aromatic nitrogens is 3.